The molecule has 0 radical (unpaired) electrons. The Morgan fingerprint density at radius 3 is 2.75 bits per heavy atom. The molecule has 1 aromatic rings. The molecule has 7 heteroatoms. The average molecular weight is 280 g/mol. The summed E-state index contributed by atoms with van der Waals surface area (Å²) in [5.41, 5.74) is -0.166. The van der Waals surface area contributed by atoms with Crippen LogP contribution < -0.4 is 4.74 Å². The molecule has 2 rings (SSSR count). The number of aliphatic hydroxyl groups excluding tert-OH is 1. The van der Waals surface area contributed by atoms with Crippen molar-refractivity contribution in [2.45, 2.75) is 18.9 Å². The van der Waals surface area contributed by atoms with Gasteiger partial charge in [0.25, 0.3) is 5.91 Å². The predicted molar refractivity (Wildman–Crippen MR) is 70.4 cm³/mol. The fraction of sp³-hybridized carbons (Fsp3) is 0.462. The van der Waals surface area contributed by atoms with Crippen molar-refractivity contribution in [3.8, 4) is 5.75 Å². The van der Waals surface area contributed by atoms with E-state index >= 15 is 0 Å². The van der Waals surface area contributed by atoms with E-state index in [-0.39, 0.29) is 43.1 Å². The summed E-state index contributed by atoms with van der Waals surface area (Å²) in [6.07, 6.45) is 1.86. The number of carbonyl (C=O) groups is 1. The van der Waals surface area contributed by atoms with Crippen LogP contribution in [0, 0.1) is 10.1 Å². The molecule has 0 saturated heterocycles. The molecule has 1 N–H and O–H groups in total. The molecule has 0 aliphatic heterocycles. The second-order valence-electron chi connectivity index (χ2n) is 4.56. The third-order valence-corrected chi connectivity index (χ3v) is 3.06. The summed E-state index contributed by atoms with van der Waals surface area (Å²) in [5.74, 6) is -0.190. The molecule has 20 heavy (non-hydrogen) atoms. The Morgan fingerprint density at radius 2 is 2.15 bits per heavy atom. The third-order valence-electron chi connectivity index (χ3n) is 3.06. The summed E-state index contributed by atoms with van der Waals surface area (Å²) in [7, 11) is 0. The summed E-state index contributed by atoms with van der Waals surface area (Å²) < 4.78 is 5.25. The van der Waals surface area contributed by atoms with Crippen LogP contribution in [-0.4, -0.2) is 46.6 Å². The zero-order chi connectivity index (χ0) is 14.5. The molecule has 7 nitrogen and oxygen atoms in total. The van der Waals surface area contributed by atoms with Crippen LogP contribution in [0.1, 0.15) is 12.8 Å². The highest BCUT2D eigenvalue weighted by Gasteiger charge is 2.32. The van der Waals surface area contributed by atoms with Crippen molar-refractivity contribution in [1.29, 1.82) is 0 Å². The van der Waals surface area contributed by atoms with Gasteiger partial charge in [-0.1, -0.05) is 12.1 Å². The van der Waals surface area contributed by atoms with Crippen LogP contribution in [0.3, 0.4) is 0 Å². The Bertz CT molecular complexity index is 501. The number of para-hydroxylation sites is 2. The van der Waals surface area contributed by atoms with Crippen molar-refractivity contribution in [2.24, 2.45) is 0 Å². The molecule has 1 aromatic carbocycles. The first-order valence-corrected chi connectivity index (χ1v) is 6.40. The Morgan fingerprint density at radius 1 is 1.45 bits per heavy atom. The van der Waals surface area contributed by atoms with Gasteiger partial charge in [0.15, 0.2) is 12.4 Å². The largest absolute Gasteiger partial charge is 0.477 e. The standard InChI is InChI=1S/C13H16N2O5/c16-8-7-14(10-5-6-10)13(17)9-20-12-4-2-1-3-11(12)15(18)19/h1-4,10,16H,5-9H2. The Labute approximate surface area is 115 Å². The molecule has 1 aliphatic rings. The van der Waals surface area contributed by atoms with Crippen LogP contribution in [0.25, 0.3) is 0 Å². The monoisotopic (exact) mass is 280 g/mol. The fourth-order valence-electron chi connectivity index (χ4n) is 1.96. The van der Waals surface area contributed by atoms with E-state index < -0.39 is 4.92 Å². The van der Waals surface area contributed by atoms with Gasteiger partial charge < -0.3 is 14.7 Å². The third kappa shape index (κ3) is 3.45. The van der Waals surface area contributed by atoms with Gasteiger partial charge in [-0.05, 0) is 18.9 Å². The second-order valence-corrected chi connectivity index (χ2v) is 4.56. The first-order valence-electron chi connectivity index (χ1n) is 6.40. The lowest BCUT2D eigenvalue weighted by atomic mass is 10.3. The molecule has 0 atom stereocenters. The minimum Gasteiger partial charge on any atom is -0.477 e. The molecule has 0 heterocycles. The number of ether oxygens (including phenoxy) is 1. The highest BCUT2D eigenvalue weighted by Crippen LogP contribution is 2.28. The smallest absolute Gasteiger partial charge is 0.310 e. The number of aliphatic hydroxyl groups is 1. The second kappa shape index (κ2) is 6.33. The molecule has 0 aromatic heterocycles. The first kappa shape index (κ1) is 14.3. The molecule has 0 bridgehead atoms. The van der Waals surface area contributed by atoms with Gasteiger partial charge in [0, 0.05) is 18.7 Å². The maximum Gasteiger partial charge on any atom is 0.310 e. The van der Waals surface area contributed by atoms with Gasteiger partial charge in [-0.15, -0.1) is 0 Å². The average Bonchev–Trinajstić information content (AvgIpc) is 3.26. The van der Waals surface area contributed by atoms with E-state index in [9.17, 15) is 14.9 Å². The topological polar surface area (TPSA) is 92.9 Å². The molecule has 0 unspecified atom stereocenters. The van der Waals surface area contributed by atoms with Crippen molar-refractivity contribution in [3.63, 3.8) is 0 Å². The van der Waals surface area contributed by atoms with Gasteiger partial charge >= 0.3 is 5.69 Å². The van der Waals surface area contributed by atoms with E-state index in [1.54, 1.807) is 11.0 Å². The van der Waals surface area contributed by atoms with Crippen molar-refractivity contribution in [3.05, 3.63) is 34.4 Å². The lowest BCUT2D eigenvalue weighted by Crippen LogP contribution is -2.38. The number of nitro groups is 1. The van der Waals surface area contributed by atoms with E-state index in [1.807, 2.05) is 0 Å². The number of benzene rings is 1. The lowest BCUT2D eigenvalue weighted by Gasteiger charge is -2.21. The maximum atomic E-state index is 12.0. The van der Waals surface area contributed by atoms with Gasteiger partial charge in [0.2, 0.25) is 0 Å². The minimum atomic E-state index is -0.549. The molecule has 1 amide bonds. The fourth-order valence-corrected chi connectivity index (χ4v) is 1.96. The maximum absolute atomic E-state index is 12.0. The number of hydrogen-bond acceptors (Lipinski definition) is 5. The molecular weight excluding hydrogens is 264 g/mol. The van der Waals surface area contributed by atoms with Gasteiger partial charge in [0.05, 0.1) is 11.5 Å². The summed E-state index contributed by atoms with van der Waals surface area (Å²) in [6, 6.07) is 6.10. The van der Waals surface area contributed by atoms with Crippen molar-refractivity contribution >= 4 is 11.6 Å². The van der Waals surface area contributed by atoms with E-state index in [4.69, 9.17) is 9.84 Å². The van der Waals surface area contributed by atoms with Gasteiger partial charge in [-0.2, -0.15) is 0 Å². The van der Waals surface area contributed by atoms with Crippen molar-refractivity contribution in [2.75, 3.05) is 19.8 Å². The van der Waals surface area contributed by atoms with Crippen LogP contribution in [-0.2, 0) is 4.79 Å². The zero-order valence-corrected chi connectivity index (χ0v) is 10.9. The molecule has 108 valence electrons. The number of nitrogens with zero attached hydrogens (tertiary/aromatic N) is 2. The van der Waals surface area contributed by atoms with E-state index in [0.29, 0.717) is 0 Å². The number of nitro benzene ring substituents is 1. The number of rotatable bonds is 7. The molecular formula is C13H16N2O5. The van der Waals surface area contributed by atoms with Gasteiger partial charge in [-0.3, -0.25) is 14.9 Å². The van der Waals surface area contributed by atoms with Gasteiger partial charge in [0.1, 0.15) is 0 Å². The summed E-state index contributed by atoms with van der Waals surface area (Å²) >= 11 is 0. The predicted octanol–water partition coefficient (Wildman–Crippen LogP) is 0.957. The molecule has 1 aliphatic carbocycles. The summed E-state index contributed by atoms with van der Waals surface area (Å²) in [5, 5.41) is 19.8. The normalized spacial score (nSPS) is 13.8. The van der Waals surface area contributed by atoms with Crippen molar-refractivity contribution < 1.29 is 19.6 Å². The lowest BCUT2D eigenvalue weighted by molar-refractivity contribution is -0.385. The zero-order valence-electron chi connectivity index (χ0n) is 10.9. The Kier molecular flexibility index (Phi) is 4.52. The van der Waals surface area contributed by atoms with Crippen LogP contribution in [0.4, 0.5) is 5.69 Å². The van der Waals surface area contributed by atoms with E-state index in [2.05, 4.69) is 0 Å². The number of amides is 1. The van der Waals surface area contributed by atoms with E-state index in [0.717, 1.165) is 12.8 Å². The Balaban J connectivity index is 1.97. The summed E-state index contributed by atoms with van der Waals surface area (Å²) in [4.78, 5) is 23.8. The molecule has 0 spiro atoms. The minimum absolute atomic E-state index is 0.0746. The first-order chi connectivity index (χ1) is 9.63. The number of hydrogen-bond donors (Lipinski definition) is 1. The molecule has 1 fully saturated rings. The molecule has 1 saturated carbocycles. The highest BCUT2D eigenvalue weighted by molar-refractivity contribution is 5.78. The SMILES string of the molecule is O=C(COc1ccccc1[N+](=O)[O-])N(CCO)C1CC1. The quantitative estimate of drug-likeness (QED) is 0.593. The summed E-state index contributed by atoms with van der Waals surface area (Å²) in [6.45, 7) is -0.0984. The van der Waals surface area contributed by atoms with Crippen molar-refractivity contribution in [1.82, 2.24) is 4.90 Å². The highest BCUT2D eigenvalue weighted by atomic mass is 16.6. The van der Waals surface area contributed by atoms with Crippen LogP contribution >= 0.6 is 0 Å². The van der Waals surface area contributed by atoms with Crippen LogP contribution in [0.2, 0.25) is 0 Å². The van der Waals surface area contributed by atoms with Crippen LogP contribution in [0.5, 0.6) is 5.75 Å². The van der Waals surface area contributed by atoms with E-state index in [1.165, 1.54) is 18.2 Å². The van der Waals surface area contributed by atoms with Gasteiger partial charge in [-0.25, -0.2) is 0 Å². The Hall–Kier alpha value is -2.15. The number of carbonyl (C=O) groups excluding carboxylic acids is 1. The van der Waals surface area contributed by atoms with Crippen LogP contribution in [0.15, 0.2) is 24.3 Å².